The molecule has 200 valence electrons. The molecular formula is C22H28N6O9. The predicted octanol–water partition coefficient (Wildman–Crippen LogP) is -2.77. The molecular weight excluding hydrogens is 492 g/mol. The number of aromatic nitrogens is 2. The Balaban J connectivity index is 2.04. The number of aliphatic hydroxyl groups excluding tert-OH is 1. The number of phenols is 1. The maximum Gasteiger partial charge on any atom is 0.326 e. The first kappa shape index (κ1) is 28.7. The van der Waals surface area contributed by atoms with Crippen molar-refractivity contribution in [3.63, 3.8) is 0 Å². The smallest absolute Gasteiger partial charge is 0.326 e. The van der Waals surface area contributed by atoms with E-state index in [-0.39, 0.29) is 18.6 Å². The Kier molecular flexibility index (Phi) is 10.5. The van der Waals surface area contributed by atoms with Crippen molar-refractivity contribution < 1.29 is 44.4 Å². The van der Waals surface area contributed by atoms with E-state index in [2.05, 4.69) is 25.9 Å². The number of aromatic hydroxyl groups is 1. The second kappa shape index (κ2) is 13.6. The minimum absolute atomic E-state index is 0.0204. The Morgan fingerprint density at radius 1 is 0.892 bits per heavy atom. The van der Waals surface area contributed by atoms with Crippen molar-refractivity contribution in [2.24, 2.45) is 5.73 Å². The lowest BCUT2D eigenvalue weighted by Crippen LogP contribution is -2.58. The van der Waals surface area contributed by atoms with E-state index in [4.69, 9.17) is 10.8 Å². The molecule has 0 spiro atoms. The second-order valence-electron chi connectivity index (χ2n) is 8.06. The van der Waals surface area contributed by atoms with Gasteiger partial charge in [0, 0.05) is 24.7 Å². The average Bonchev–Trinajstić information content (AvgIpc) is 3.35. The molecule has 0 aliphatic carbocycles. The number of amides is 3. The SMILES string of the molecule is NC(Cc1cnc[nH]1)C(=O)NC(CC(=O)O)C(=O)NC(CO)C(=O)NC(Cc1ccc(O)cc1)C(=O)O. The van der Waals surface area contributed by atoms with Crippen molar-refractivity contribution in [3.05, 3.63) is 48.0 Å². The Hall–Kier alpha value is -4.50. The zero-order valence-electron chi connectivity index (χ0n) is 19.5. The van der Waals surface area contributed by atoms with E-state index in [0.717, 1.165) is 0 Å². The van der Waals surface area contributed by atoms with E-state index >= 15 is 0 Å². The zero-order chi connectivity index (χ0) is 27.5. The number of nitrogens with one attached hydrogen (secondary N) is 4. The van der Waals surface area contributed by atoms with E-state index in [1.807, 2.05) is 0 Å². The molecule has 0 saturated heterocycles. The molecule has 2 aromatic rings. The van der Waals surface area contributed by atoms with Gasteiger partial charge in [0.25, 0.3) is 0 Å². The summed E-state index contributed by atoms with van der Waals surface area (Å²) in [6.07, 6.45) is 1.81. The summed E-state index contributed by atoms with van der Waals surface area (Å²) in [4.78, 5) is 67.1. The lowest BCUT2D eigenvalue weighted by molar-refractivity contribution is -0.143. The minimum atomic E-state index is -1.65. The van der Waals surface area contributed by atoms with Crippen LogP contribution >= 0.6 is 0 Å². The predicted molar refractivity (Wildman–Crippen MR) is 125 cm³/mol. The van der Waals surface area contributed by atoms with E-state index in [0.29, 0.717) is 11.3 Å². The molecule has 15 heteroatoms. The van der Waals surface area contributed by atoms with Crippen molar-refractivity contribution in [2.45, 2.75) is 43.4 Å². The number of aliphatic carboxylic acids is 2. The Morgan fingerprint density at radius 3 is 2.03 bits per heavy atom. The summed E-state index contributed by atoms with van der Waals surface area (Å²) < 4.78 is 0. The fraction of sp³-hybridized carbons (Fsp3) is 0.364. The van der Waals surface area contributed by atoms with Crippen LogP contribution in [-0.2, 0) is 36.8 Å². The third-order valence-corrected chi connectivity index (χ3v) is 5.15. The summed E-state index contributed by atoms with van der Waals surface area (Å²) in [6.45, 7) is -0.948. The molecule has 0 radical (unpaired) electrons. The van der Waals surface area contributed by atoms with Crippen molar-refractivity contribution >= 4 is 29.7 Å². The van der Waals surface area contributed by atoms with E-state index in [1.54, 1.807) is 0 Å². The van der Waals surface area contributed by atoms with Gasteiger partial charge in [-0.25, -0.2) is 9.78 Å². The summed E-state index contributed by atoms with van der Waals surface area (Å²) in [7, 11) is 0. The van der Waals surface area contributed by atoms with Crippen LogP contribution < -0.4 is 21.7 Å². The van der Waals surface area contributed by atoms with Gasteiger partial charge in [0.2, 0.25) is 17.7 Å². The minimum Gasteiger partial charge on any atom is -0.508 e. The van der Waals surface area contributed by atoms with Crippen LogP contribution in [-0.4, -0.2) is 90.8 Å². The lowest BCUT2D eigenvalue weighted by Gasteiger charge is -2.23. The summed E-state index contributed by atoms with van der Waals surface area (Å²) in [5.41, 5.74) is 6.81. The highest BCUT2D eigenvalue weighted by Gasteiger charge is 2.31. The normalized spacial score (nSPS) is 14.0. The summed E-state index contributed by atoms with van der Waals surface area (Å²) in [5, 5.41) is 44.1. The van der Waals surface area contributed by atoms with Crippen LogP contribution in [0.5, 0.6) is 5.75 Å². The van der Waals surface area contributed by atoms with E-state index in [9.17, 15) is 39.3 Å². The van der Waals surface area contributed by atoms with Gasteiger partial charge in [-0.3, -0.25) is 19.2 Å². The van der Waals surface area contributed by atoms with E-state index in [1.165, 1.54) is 36.8 Å². The number of hydrogen-bond donors (Lipinski definition) is 9. The maximum atomic E-state index is 12.7. The van der Waals surface area contributed by atoms with Crippen LogP contribution in [0.1, 0.15) is 17.7 Å². The van der Waals surface area contributed by atoms with Gasteiger partial charge in [-0.1, -0.05) is 12.1 Å². The Bertz CT molecular complexity index is 1090. The van der Waals surface area contributed by atoms with Gasteiger partial charge < -0.3 is 47.1 Å². The molecule has 2 rings (SSSR count). The Morgan fingerprint density at radius 2 is 1.49 bits per heavy atom. The molecule has 1 aromatic carbocycles. The van der Waals surface area contributed by atoms with Crippen LogP contribution in [0.4, 0.5) is 0 Å². The first-order valence-corrected chi connectivity index (χ1v) is 11.0. The summed E-state index contributed by atoms with van der Waals surface area (Å²) in [5.74, 6) is -5.88. The molecule has 0 fully saturated rings. The van der Waals surface area contributed by atoms with Gasteiger partial charge in [0.1, 0.15) is 23.9 Å². The largest absolute Gasteiger partial charge is 0.508 e. The van der Waals surface area contributed by atoms with Gasteiger partial charge in [0.15, 0.2) is 0 Å². The highest BCUT2D eigenvalue weighted by Crippen LogP contribution is 2.11. The quantitative estimate of drug-likeness (QED) is 0.123. The van der Waals surface area contributed by atoms with Crippen molar-refractivity contribution in [1.29, 1.82) is 0 Å². The van der Waals surface area contributed by atoms with E-state index < -0.39 is 66.9 Å². The highest BCUT2D eigenvalue weighted by atomic mass is 16.4. The number of carboxylic acid groups (broad SMARTS) is 2. The summed E-state index contributed by atoms with van der Waals surface area (Å²) >= 11 is 0. The zero-order valence-corrected chi connectivity index (χ0v) is 19.5. The van der Waals surface area contributed by atoms with Crippen LogP contribution in [0.2, 0.25) is 0 Å². The molecule has 0 aliphatic heterocycles. The lowest BCUT2D eigenvalue weighted by atomic mass is 10.1. The molecule has 10 N–H and O–H groups in total. The van der Waals surface area contributed by atoms with Gasteiger partial charge in [-0.15, -0.1) is 0 Å². The van der Waals surface area contributed by atoms with Crippen LogP contribution in [0.3, 0.4) is 0 Å². The molecule has 15 nitrogen and oxygen atoms in total. The molecule has 4 atom stereocenters. The molecule has 4 unspecified atom stereocenters. The number of carbonyl (C=O) groups excluding carboxylic acids is 3. The second-order valence-corrected chi connectivity index (χ2v) is 8.06. The number of benzene rings is 1. The number of rotatable bonds is 14. The van der Waals surface area contributed by atoms with Crippen LogP contribution in [0.25, 0.3) is 0 Å². The summed E-state index contributed by atoms with van der Waals surface area (Å²) in [6, 6.07) is -0.309. The van der Waals surface area contributed by atoms with Gasteiger partial charge in [0.05, 0.1) is 25.4 Å². The molecule has 3 amide bonds. The third-order valence-electron chi connectivity index (χ3n) is 5.15. The fourth-order valence-corrected chi connectivity index (χ4v) is 3.20. The number of nitrogens with zero attached hydrogens (tertiary/aromatic N) is 1. The number of aromatic amines is 1. The number of imidazole rings is 1. The number of phenolic OH excluding ortho intramolecular Hbond substituents is 1. The van der Waals surface area contributed by atoms with Gasteiger partial charge >= 0.3 is 11.9 Å². The molecule has 0 aliphatic rings. The monoisotopic (exact) mass is 520 g/mol. The number of carboxylic acids is 2. The van der Waals surface area contributed by atoms with Crippen LogP contribution in [0, 0.1) is 0 Å². The topological polar surface area (TPSA) is 257 Å². The highest BCUT2D eigenvalue weighted by molar-refractivity contribution is 5.95. The van der Waals surface area contributed by atoms with Gasteiger partial charge in [-0.05, 0) is 17.7 Å². The number of H-pyrrole nitrogens is 1. The van der Waals surface area contributed by atoms with Crippen molar-refractivity contribution in [3.8, 4) is 5.75 Å². The molecule has 37 heavy (non-hydrogen) atoms. The van der Waals surface area contributed by atoms with Crippen LogP contribution in [0.15, 0.2) is 36.8 Å². The average molecular weight is 520 g/mol. The maximum absolute atomic E-state index is 12.7. The van der Waals surface area contributed by atoms with Crippen molar-refractivity contribution in [1.82, 2.24) is 25.9 Å². The molecule has 1 aromatic heterocycles. The van der Waals surface area contributed by atoms with Gasteiger partial charge in [-0.2, -0.15) is 0 Å². The molecule has 0 saturated carbocycles. The fourth-order valence-electron chi connectivity index (χ4n) is 3.20. The number of hydrogen-bond acceptors (Lipinski definition) is 9. The molecule has 1 heterocycles. The first-order valence-electron chi connectivity index (χ1n) is 11.0. The molecule has 0 bridgehead atoms. The number of aliphatic hydroxyl groups is 1. The number of carbonyl (C=O) groups is 5. The van der Waals surface area contributed by atoms with Crippen molar-refractivity contribution in [2.75, 3.05) is 6.61 Å². The standard InChI is InChI=1S/C22H28N6O9/c23-14(6-12-8-24-10-25-12)19(33)26-15(7-18(31)32)20(34)28-17(9-29)21(35)27-16(22(36)37)5-11-1-3-13(30)4-2-11/h1-4,8,10,14-17,29-30H,5-7,9,23H2,(H,24,25)(H,26,33)(H,27,35)(H,28,34)(H,31,32)(H,36,37). The third kappa shape index (κ3) is 9.23. The number of nitrogens with two attached hydrogens (primary N) is 1. The first-order chi connectivity index (χ1) is 17.5. The Labute approximate surface area is 210 Å².